The van der Waals surface area contributed by atoms with Crippen molar-refractivity contribution in [3.05, 3.63) is 58.8 Å². The summed E-state index contributed by atoms with van der Waals surface area (Å²) in [5.41, 5.74) is 0.584. The zero-order valence-corrected chi connectivity index (χ0v) is 15.0. The molecule has 24 heavy (non-hydrogen) atoms. The highest BCUT2D eigenvalue weighted by Gasteiger charge is 2.18. The third-order valence-electron chi connectivity index (χ3n) is 3.35. The standard InChI is InChI=1S/C19H23NO3S/c1-4-11-20(14-16-8-7-12-24-16)19(21)15-9-10-17(22-5-2)18(13-15)23-6-3/h4,7-10,12-13H,1,5-6,11,14H2,2-3H3. The molecular weight excluding hydrogens is 322 g/mol. The Kier molecular flexibility index (Phi) is 6.88. The Balaban J connectivity index is 2.24. The lowest BCUT2D eigenvalue weighted by atomic mass is 10.1. The first-order valence-electron chi connectivity index (χ1n) is 8.01. The Morgan fingerprint density at radius 2 is 1.96 bits per heavy atom. The van der Waals surface area contributed by atoms with Crippen LogP contribution in [0.4, 0.5) is 0 Å². The van der Waals surface area contributed by atoms with Crippen LogP contribution in [-0.4, -0.2) is 30.6 Å². The number of ether oxygens (including phenoxy) is 2. The number of amides is 1. The molecule has 0 radical (unpaired) electrons. The molecule has 4 nitrogen and oxygen atoms in total. The summed E-state index contributed by atoms with van der Waals surface area (Å²) in [4.78, 5) is 15.8. The maximum Gasteiger partial charge on any atom is 0.254 e. The van der Waals surface area contributed by atoms with Crippen LogP contribution < -0.4 is 9.47 Å². The zero-order valence-electron chi connectivity index (χ0n) is 14.2. The maximum atomic E-state index is 12.9. The Bertz CT molecular complexity index is 667. The van der Waals surface area contributed by atoms with Gasteiger partial charge >= 0.3 is 0 Å². The Morgan fingerprint density at radius 1 is 1.21 bits per heavy atom. The first-order valence-corrected chi connectivity index (χ1v) is 8.89. The number of benzene rings is 1. The molecule has 2 rings (SSSR count). The van der Waals surface area contributed by atoms with Gasteiger partial charge in [-0.3, -0.25) is 4.79 Å². The highest BCUT2D eigenvalue weighted by atomic mass is 32.1. The van der Waals surface area contributed by atoms with Crippen LogP contribution in [0.1, 0.15) is 29.1 Å². The van der Waals surface area contributed by atoms with E-state index in [-0.39, 0.29) is 5.91 Å². The van der Waals surface area contributed by atoms with Gasteiger partial charge in [-0.1, -0.05) is 12.1 Å². The number of carbonyl (C=O) groups is 1. The van der Waals surface area contributed by atoms with Gasteiger partial charge in [0.2, 0.25) is 0 Å². The monoisotopic (exact) mass is 345 g/mol. The number of carbonyl (C=O) groups excluding carboxylic acids is 1. The number of nitrogens with zero attached hydrogens (tertiary/aromatic N) is 1. The molecule has 0 bridgehead atoms. The maximum absolute atomic E-state index is 12.9. The minimum absolute atomic E-state index is 0.0488. The van der Waals surface area contributed by atoms with E-state index >= 15 is 0 Å². The van der Waals surface area contributed by atoms with E-state index in [1.165, 1.54) is 0 Å². The van der Waals surface area contributed by atoms with Crippen LogP contribution in [0.2, 0.25) is 0 Å². The molecule has 5 heteroatoms. The summed E-state index contributed by atoms with van der Waals surface area (Å²) >= 11 is 1.64. The Morgan fingerprint density at radius 3 is 2.58 bits per heavy atom. The van der Waals surface area contributed by atoms with E-state index < -0.39 is 0 Å². The lowest BCUT2D eigenvalue weighted by Gasteiger charge is -2.21. The van der Waals surface area contributed by atoms with Gasteiger partial charge in [0.25, 0.3) is 5.91 Å². The fraction of sp³-hybridized carbons (Fsp3) is 0.316. The van der Waals surface area contributed by atoms with Crippen molar-refractivity contribution in [2.45, 2.75) is 20.4 Å². The van der Waals surface area contributed by atoms with E-state index in [1.807, 2.05) is 31.4 Å². The molecular formula is C19H23NO3S. The molecule has 0 N–H and O–H groups in total. The molecule has 0 atom stereocenters. The van der Waals surface area contributed by atoms with Crippen molar-refractivity contribution >= 4 is 17.2 Å². The molecule has 2 aromatic rings. The van der Waals surface area contributed by atoms with E-state index in [0.717, 1.165) is 4.88 Å². The summed E-state index contributed by atoms with van der Waals surface area (Å²) in [6.07, 6.45) is 1.74. The molecule has 1 heterocycles. The van der Waals surface area contributed by atoms with Crippen molar-refractivity contribution in [1.29, 1.82) is 0 Å². The van der Waals surface area contributed by atoms with E-state index in [2.05, 4.69) is 6.58 Å². The first-order chi connectivity index (χ1) is 11.7. The molecule has 0 saturated carbocycles. The van der Waals surface area contributed by atoms with Crippen LogP contribution in [0, 0.1) is 0 Å². The summed E-state index contributed by atoms with van der Waals surface area (Å²) in [5, 5.41) is 2.01. The lowest BCUT2D eigenvalue weighted by Crippen LogP contribution is -2.30. The summed E-state index contributed by atoms with van der Waals surface area (Å²) in [7, 11) is 0. The second kappa shape index (κ2) is 9.13. The highest BCUT2D eigenvalue weighted by molar-refractivity contribution is 7.09. The SMILES string of the molecule is C=CCN(Cc1cccs1)C(=O)c1ccc(OCC)c(OCC)c1. The van der Waals surface area contributed by atoms with Gasteiger partial charge in [-0.05, 0) is 43.5 Å². The smallest absolute Gasteiger partial charge is 0.254 e. The van der Waals surface area contributed by atoms with Gasteiger partial charge in [-0.15, -0.1) is 17.9 Å². The lowest BCUT2D eigenvalue weighted by molar-refractivity contribution is 0.0763. The van der Waals surface area contributed by atoms with E-state index in [1.54, 1.807) is 40.5 Å². The van der Waals surface area contributed by atoms with Gasteiger partial charge in [0.15, 0.2) is 11.5 Å². The minimum atomic E-state index is -0.0488. The van der Waals surface area contributed by atoms with Gasteiger partial charge in [-0.25, -0.2) is 0 Å². The zero-order chi connectivity index (χ0) is 17.4. The molecule has 0 aliphatic heterocycles. The van der Waals surface area contributed by atoms with Gasteiger partial charge in [0.05, 0.1) is 19.8 Å². The average molecular weight is 345 g/mol. The minimum Gasteiger partial charge on any atom is -0.490 e. The normalized spacial score (nSPS) is 10.2. The average Bonchev–Trinajstić information content (AvgIpc) is 3.09. The number of hydrogen-bond acceptors (Lipinski definition) is 4. The van der Waals surface area contributed by atoms with Crippen LogP contribution in [0.15, 0.2) is 48.4 Å². The van der Waals surface area contributed by atoms with Crippen LogP contribution >= 0.6 is 11.3 Å². The summed E-state index contributed by atoms with van der Waals surface area (Å²) in [6.45, 7) is 9.71. The summed E-state index contributed by atoms with van der Waals surface area (Å²) < 4.78 is 11.2. The van der Waals surface area contributed by atoms with E-state index in [9.17, 15) is 4.79 Å². The molecule has 1 aromatic heterocycles. The van der Waals surface area contributed by atoms with Gasteiger partial charge in [-0.2, -0.15) is 0 Å². The van der Waals surface area contributed by atoms with Crippen molar-refractivity contribution in [3.63, 3.8) is 0 Å². The largest absolute Gasteiger partial charge is 0.490 e. The van der Waals surface area contributed by atoms with Crippen molar-refractivity contribution < 1.29 is 14.3 Å². The number of rotatable bonds is 9. The van der Waals surface area contributed by atoms with Gasteiger partial charge in [0.1, 0.15) is 0 Å². The summed E-state index contributed by atoms with van der Waals surface area (Å²) in [6, 6.07) is 9.33. The second-order valence-corrected chi connectivity index (χ2v) is 6.11. The second-order valence-electron chi connectivity index (χ2n) is 5.08. The molecule has 0 aliphatic carbocycles. The van der Waals surface area contributed by atoms with Crippen LogP contribution in [-0.2, 0) is 6.54 Å². The molecule has 0 saturated heterocycles. The molecule has 1 amide bonds. The van der Waals surface area contributed by atoms with Crippen molar-refractivity contribution in [1.82, 2.24) is 4.90 Å². The quantitative estimate of drug-likeness (QED) is 0.633. The predicted octanol–water partition coefficient (Wildman–Crippen LogP) is 4.37. The Hall–Kier alpha value is -2.27. The number of hydrogen-bond donors (Lipinski definition) is 0. The molecule has 0 spiro atoms. The van der Waals surface area contributed by atoms with Gasteiger partial charge in [0, 0.05) is 17.0 Å². The molecule has 0 fully saturated rings. The molecule has 0 aliphatic rings. The third-order valence-corrected chi connectivity index (χ3v) is 4.21. The fourth-order valence-electron chi connectivity index (χ4n) is 2.33. The Labute approximate surface area is 147 Å². The van der Waals surface area contributed by atoms with Crippen LogP contribution in [0.25, 0.3) is 0 Å². The third kappa shape index (κ3) is 4.61. The molecule has 128 valence electrons. The summed E-state index contributed by atoms with van der Waals surface area (Å²) in [5.74, 6) is 1.21. The van der Waals surface area contributed by atoms with E-state index in [4.69, 9.17) is 9.47 Å². The van der Waals surface area contributed by atoms with E-state index in [0.29, 0.717) is 43.4 Å². The molecule has 0 unspecified atom stereocenters. The highest BCUT2D eigenvalue weighted by Crippen LogP contribution is 2.29. The topological polar surface area (TPSA) is 38.8 Å². The fourth-order valence-corrected chi connectivity index (χ4v) is 3.05. The molecule has 1 aromatic carbocycles. The van der Waals surface area contributed by atoms with Crippen molar-refractivity contribution in [2.24, 2.45) is 0 Å². The number of thiophene rings is 1. The predicted molar refractivity (Wildman–Crippen MR) is 98.0 cm³/mol. The van der Waals surface area contributed by atoms with Crippen LogP contribution in [0.5, 0.6) is 11.5 Å². The van der Waals surface area contributed by atoms with Crippen LogP contribution in [0.3, 0.4) is 0 Å². The van der Waals surface area contributed by atoms with Crippen molar-refractivity contribution in [3.8, 4) is 11.5 Å². The first kappa shape index (κ1) is 18.1. The van der Waals surface area contributed by atoms with Crippen molar-refractivity contribution in [2.75, 3.05) is 19.8 Å². The van der Waals surface area contributed by atoms with Gasteiger partial charge < -0.3 is 14.4 Å².